The van der Waals surface area contributed by atoms with E-state index in [1.54, 1.807) is 6.92 Å². The average molecular weight is 365 g/mol. The lowest BCUT2D eigenvalue weighted by atomic mass is 9.95. The third-order valence-corrected chi connectivity index (χ3v) is 5.16. The van der Waals surface area contributed by atoms with Crippen LogP contribution in [0.3, 0.4) is 0 Å². The summed E-state index contributed by atoms with van der Waals surface area (Å²) >= 11 is 0. The van der Waals surface area contributed by atoms with Gasteiger partial charge in [-0.1, -0.05) is 42.4 Å². The summed E-state index contributed by atoms with van der Waals surface area (Å²) in [6, 6.07) is 9.68. The van der Waals surface area contributed by atoms with Gasteiger partial charge in [-0.25, -0.2) is 4.98 Å². The highest BCUT2D eigenvalue weighted by atomic mass is 16.5. The lowest BCUT2D eigenvalue weighted by Gasteiger charge is -2.30. The quantitative estimate of drug-likeness (QED) is 0.766. The summed E-state index contributed by atoms with van der Waals surface area (Å²) < 4.78 is 5.35. The Morgan fingerprint density at radius 1 is 1.26 bits per heavy atom. The molecule has 27 heavy (non-hydrogen) atoms. The number of nitrogens with zero attached hydrogens (tertiary/aromatic N) is 4. The second-order valence-electron chi connectivity index (χ2n) is 6.89. The van der Waals surface area contributed by atoms with Crippen molar-refractivity contribution in [3.63, 3.8) is 0 Å². The fourth-order valence-electron chi connectivity index (χ4n) is 3.57. The number of carbonyl (C=O) groups is 1. The number of piperidine rings is 1. The van der Waals surface area contributed by atoms with E-state index in [2.05, 4.69) is 27.3 Å². The van der Waals surface area contributed by atoms with Gasteiger partial charge in [0.25, 0.3) is 5.91 Å². The molecule has 2 aromatic heterocycles. The Morgan fingerprint density at radius 2 is 2.00 bits per heavy atom. The van der Waals surface area contributed by atoms with Crippen molar-refractivity contribution in [3.8, 4) is 11.3 Å². The molecule has 3 aromatic rings. The highest BCUT2D eigenvalue weighted by molar-refractivity contribution is 6.00. The minimum Gasteiger partial charge on any atom is -0.360 e. The Labute approximate surface area is 157 Å². The van der Waals surface area contributed by atoms with Crippen LogP contribution in [-0.4, -0.2) is 44.2 Å². The first kappa shape index (κ1) is 17.5. The summed E-state index contributed by atoms with van der Waals surface area (Å²) in [5.41, 5.74) is 2.06. The van der Waals surface area contributed by atoms with E-state index in [0.717, 1.165) is 36.5 Å². The molecule has 0 bridgehead atoms. The van der Waals surface area contributed by atoms with E-state index in [1.165, 1.54) is 0 Å². The molecule has 140 valence electrons. The fourth-order valence-corrected chi connectivity index (χ4v) is 3.57. The van der Waals surface area contributed by atoms with Gasteiger partial charge >= 0.3 is 0 Å². The number of benzene rings is 1. The van der Waals surface area contributed by atoms with Crippen molar-refractivity contribution in [2.75, 3.05) is 13.1 Å². The van der Waals surface area contributed by atoms with Gasteiger partial charge in [-0.3, -0.25) is 9.89 Å². The third-order valence-electron chi connectivity index (χ3n) is 5.16. The molecule has 3 heterocycles. The second-order valence-corrected chi connectivity index (χ2v) is 6.89. The first-order valence-electron chi connectivity index (χ1n) is 9.39. The molecule has 1 saturated heterocycles. The number of aryl methyl sites for hydroxylation is 2. The highest BCUT2D eigenvalue weighted by Crippen LogP contribution is 2.30. The average Bonchev–Trinajstić information content (AvgIpc) is 3.35. The number of hydrogen-bond donors (Lipinski definition) is 1. The monoisotopic (exact) mass is 365 g/mol. The Morgan fingerprint density at radius 3 is 2.67 bits per heavy atom. The molecule has 1 N–H and O–H groups in total. The Hall–Kier alpha value is -2.96. The maximum atomic E-state index is 13.2. The molecule has 0 spiro atoms. The van der Waals surface area contributed by atoms with E-state index < -0.39 is 0 Å². The first-order valence-corrected chi connectivity index (χ1v) is 9.39. The molecule has 7 heteroatoms. The maximum absolute atomic E-state index is 13.2. The molecule has 0 aliphatic carbocycles. The van der Waals surface area contributed by atoms with Crippen LogP contribution in [-0.2, 0) is 6.42 Å². The maximum Gasteiger partial charge on any atom is 0.259 e. The largest absolute Gasteiger partial charge is 0.360 e. The number of aromatic nitrogens is 4. The fraction of sp³-hybridized carbons (Fsp3) is 0.400. The van der Waals surface area contributed by atoms with Crippen molar-refractivity contribution in [3.05, 3.63) is 53.3 Å². The zero-order chi connectivity index (χ0) is 18.8. The van der Waals surface area contributed by atoms with Gasteiger partial charge in [0.2, 0.25) is 0 Å². The van der Waals surface area contributed by atoms with E-state index in [9.17, 15) is 4.79 Å². The van der Waals surface area contributed by atoms with Gasteiger partial charge in [0.15, 0.2) is 5.82 Å². The van der Waals surface area contributed by atoms with E-state index in [-0.39, 0.29) is 5.91 Å². The third kappa shape index (κ3) is 3.37. The van der Waals surface area contributed by atoms with Gasteiger partial charge in [-0.05, 0) is 19.8 Å². The molecule has 1 fully saturated rings. The van der Waals surface area contributed by atoms with Crippen molar-refractivity contribution in [2.24, 2.45) is 0 Å². The number of aromatic amines is 1. The Bertz CT molecular complexity index is 923. The summed E-state index contributed by atoms with van der Waals surface area (Å²) in [4.78, 5) is 19.6. The van der Waals surface area contributed by atoms with Crippen LogP contribution < -0.4 is 0 Å². The minimum absolute atomic E-state index is 0.0183. The lowest BCUT2D eigenvalue weighted by molar-refractivity contribution is 0.0710. The smallest absolute Gasteiger partial charge is 0.259 e. The van der Waals surface area contributed by atoms with Crippen LogP contribution in [0.2, 0.25) is 0 Å². The zero-order valence-electron chi connectivity index (χ0n) is 15.6. The number of rotatable bonds is 4. The summed E-state index contributed by atoms with van der Waals surface area (Å²) in [6.45, 7) is 5.20. The Balaban J connectivity index is 1.49. The minimum atomic E-state index is -0.0183. The van der Waals surface area contributed by atoms with Crippen molar-refractivity contribution < 1.29 is 9.32 Å². The van der Waals surface area contributed by atoms with E-state index in [1.807, 2.05) is 35.2 Å². The molecule has 0 radical (unpaired) electrons. The molecule has 1 aliphatic heterocycles. The van der Waals surface area contributed by atoms with Crippen LogP contribution in [0.25, 0.3) is 11.3 Å². The van der Waals surface area contributed by atoms with Crippen molar-refractivity contribution in [1.82, 2.24) is 25.2 Å². The van der Waals surface area contributed by atoms with E-state index in [0.29, 0.717) is 36.0 Å². The molecule has 1 amide bonds. The molecule has 1 aliphatic rings. The summed E-state index contributed by atoms with van der Waals surface area (Å²) in [5, 5.41) is 11.4. The van der Waals surface area contributed by atoms with Gasteiger partial charge in [0.05, 0.1) is 0 Å². The van der Waals surface area contributed by atoms with E-state index in [4.69, 9.17) is 4.52 Å². The van der Waals surface area contributed by atoms with Crippen LogP contribution in [0.15, 0.2) is 34.9 Å². The van der Waals surface area contributed by atoms with Gasteiger partial charge in [0.1, 0.15) is 22.8 Å². The molecule has 0 unspecified atom stereocenters. The normalized spacial score (nSPS) is 15.3. The van der Waals surface area contributed by atoms with Crippen molar-refractivity contribution in [2.45, 2.75) is 39.0 Å². The predicted octanol–water partition coefficient (Wildman–Crippen LogP) is 3.35. The zero-order valence-corrected chi connectivity index (χ0v) is 15.6. The molecule has 0 saturated carbocycles. The number of likely N-dealkylation sites (tertiary alicyclic amines) is 1. The molecular formula is C20H23N5O2. The number of amides is 1. The highest BCUT2D eigenvalue weighted by Gasteiger charge is 2.30. The van der Waals surface area contributed by atoms with Gasteiger partial charge in [0, 0.05) is 31.0 Å². The summed E-state index contributed by atoms with van der Waals surface area (Å²) in [7, 11) is 0. The Kier molecular flexibility index (Phi) is 4.75. The van der Waals surface area contributed by atoms with Crippen LogP contribution in [0.5, 0.6) is 0 Å². The summed E-state index contributed by atoms with van der Waals surface area (Å²) in [6.07, 6.45) is 2.56. The standard InChI is InChI=1S/C20H23N5O2/c1-3-16-21-19(23-22-16)15-9-11-25(12-10-15)20(26)17-13(2)27-24-18(17)14-7-5-4-6-8-14/h4-8,15H,3,9-12H2,1-2H3,(H,21,22,23). The molecule has 0 atom stereocenters. The van der Waals surface area contributed by atoms with Gasteiger partial charge in [-0.15, -0.1) is 0 Å². The number of nitrogens with one attached hydrogen (secondary N) is 1. The second kappa shape index (κ2) is 7.34. The molecule has 7 nitrogen and oxygen atoms in total. The first-order chi connectivity index (χ1) is 13.2. The number of H-pyrrole nitrogens is 1. The van der Waals surface area contributed by atoms with Crippen molar-refractivity contribution >= 4 is 5.91 Å². The SMILES string of the molecule is CCc1nc(C2CCN(C(=O)c3c(-c4ccccc4)noc3C)CC2)n[nH]1. The van der Waals surface area contributed by atoms with Crippen LogP contribution in [0.4, 0.5) is 0 Å². The molecule has 1 aromatic carbocycles. The predicted molar refractivity (Wildman–Crippen MR) is 100 cm³/mol. The van der Waals surface area contributed by atoms with Crippen LogP contribution >= 0.6 is 0 Å². The van der Waals surface area contributed by atoms with E-state index >= 15 is 0 Å². The lowest BCUT2D eigenvalue weighted by Crippen LogP contribution is -2.38. The van der Waals surface area contributed by atoms with Crippen molar-refractivity contribution in [1.29, 1.82) is 0 Å². The number of carbonyl (C=O) groups excluding carboxylic acids is 1. The summed E-state index contributed by atoms with van der Waals surface area (Å²) in [5.74, 6) is 2.61. The van der Waals surface area contributed by atoms with Gasteiger partial charge < -0.3 is 9.42 Å². The molecule has 4 rings (SSSR count). The topological polar surface area (TPSA) is 87.9 Å². The van der Waals surface area contributed by atoms with Gasteiger partial charge in [-0.2, -0.15) is 5.10 Å². The number of hydrogen-bond acceptors (Lipinski definition) is 5. The van der Waals surface area contributed by atoms with Crippen LogP contribution in [0, 0.1) is 6.92 Å². The van der Waals surface area contributed by atoms with Crippen LogP contribution in [0.1, 0.15) is 53.5 Å². The molecular weight excluding hydrogens is 342 g/mol.